The van der Waals surface area contributed by atoms with E-state index in [1.165, 1.54) is 0 Å². The van der Waals surface area contributed by atoms with Gasteiger partial charge >= 0.3 is 0 Å². The van der Waals surface area contributed by atoms with Crippen LogP contribution in [-0.2, 0) is 9.47 Å². The van der Waals surface area contributed by atoms with Crippen LogP contribution in [0.1, 0.15) is 0 Å². The minimum atomic E-state index is 0.325. The fraction of sp³-hybridized carbons (Fsp3) is 1.00. The van der Waals surface area contributed by atoms with Gasteiger partial charge in [0.05, 0.1) is 25.4 Å². The molecule has 60 valence electrons. The van der Waals surface area contributed by atoms with Crippen molar-refractivity contribution >= 4 is 45.2 Å². The van der Waals surface area contributed by atoms with Gasteiger partial charge in [-0.1, -0.05) is 45.2 Å². The largest absolute Gasteiger partial charge is 0.372 e. The molecule has 1 rings (SSSR count). The third-order valence-electron chi connectivity index (χ3n) is 1.47. The van der Waals surface area contributed by atoms with Crippen molar-refractivity contribution in [3.63, 3.8) is 0 Å². The van der Waals surface area contributed by atoms with E-state index in [-0.39, 0.29) is 0 Å². The van der Waals surface area contributed by atoms with Gasteiger partial charge < -0.3 is 9.47 Å². The first-order chi connectivity index (χ1) is 4.88. The predicted octanol–water partition coefficient (Wildman–Crippen LogP) is 1.64. The highest BCUT2D eigenvalue weighted by Crippen LogP contribution is 2.14. The van der Waals surface area contributed by atoms with Crippen molar-refractivity contribution in [2.24, 2.45) is 0 Å². The Hall–Kier alpha value is 1.38. The van der Waals surface area contributed by atoms with E-state index in [0.29, 0.717) is 12.2 Å². The van der Waals surface area contributed by atoms with E-state index in [1.807, 2.05) is 0 Å². The van der Waals surface area contributed by atoms with Crippen LogP contribution in [0, 0.1) is 0 Å². The van der Waals surface area contributed by atoms with Gasteiger partial charge in [0, 0.05) is 8.86 Å². The minimum Gasteiger partial charge on any atom is -0.372 e. The van der Waals surface area contributed by atoms with Crippen LogP contribution in [-0.4, -0.2) is 34.3 Å². The zero-order chi connectivity index (χ0) is 7.40. The van der Waals surface area contributed by atoms with E-state index >= 15 is 0 Å². The van der Waals surface area contributed by atoms with Gasteiger partial charge in [-0.15, -0.1) is 0 Å². The summed E-state index contributed by atoms with van der Waals surface area (Å²) in [5, 5.41) is 0. The summed E-state index contributed by atoms with van der Waals surface area (Å²) in [7, 11) is 0. The second-order valence-corrected chi connectivity index (χ2v) is 3.89. The number of hydrogen-bond acceptors (Lipinski definition) is 2. The second kappa shape index (κ2) is 5.10. The van der Waals surface area contributed by atoms with Crippen molar-refractivity contribution in [2.45, 2.75) is 12.2 Å². The maximum absolute atomic E-state index is 5.49. The fourth-order valence-corrected chi connectivity index (χ4v) is 2.54. The molecule has 0 aliphatic carbocycles. The smallest absolute Gasteiger partial charge is 0.0934 e. The van der Waals surface area contributed by atoms with Crippen LogP contribution in [0.25, 0.3) is 0 Å². The molecule has 1 aliphatic rings. The van der Waals surface area contributed by atoms with E-state index in [2.05, 4.69) is 45.2 Å². The molecule has 0 amide bonds. The molecule has 0 spiro atoms. The molecule has 0 bridgehead atoms. The van der Waals surface area contributed by atoms with Crippen LogP contribution >= 0.6 is 45.2 Å². The molecular formula is C6H10I2O2. The molecule has 10 heavy (non-hydrogen) atoms. The lowest BCUT2D eigenvalue weighted by Crippen LogP contribution is -2.40. The van der Waals surface area contributed by atoms with Crippen molar-refractivity contribution in [3.8, 4) is 0 Å². The summed E-state index contributed by atoms with van der Waals surface area (Å²) in [5.74, 6) is 0. The lowest BCUT2D eigenvalue weighted by Gasteiger charge is -2.29. The Labute approximate surface area is 88.3 Å². The molecule has 0 unspecified atom stereocenters. The van der Waals surface area contributed by atoms with Crippen LogP contribution in [0.2, 0.25) is 0 Å². The predicted molar refractivity (Wildman–Crippen MR) is 57.3 cm³/mol. The summed E-state index contributed by atoms with van der Waals surface area (Å²) in [6.07, 6.45) is 0.650. The lowest BCUT2D eigenvalue weighted by molar-refractivity contribution is -0.118. The zero-order valence-electron chi connectivity index (χ0n) is 5.56. The molecule has 0 aromatic rings. The second-order valence-electron chi connectivity index (χ2n) is 2.13. The summed E-state index contributed by atoms with van der Waals surface area (Å²) in [4.78, 5) is 0. The van der Waals surface area contributed by atoms with Gasteiger partial charge in [0.2, 0.25) is 0 Å². The molecule has 2 atom stereocenters. The molecule has 1 saturated heterocycles. The average molecular weight is 368 g/mol. The summed E-state index contributed by atoms with van der Waals surface area (Å²) in [6, 6.07) is 0. The van der Waals surface area contributed by atoms with E-state index in [1.54, 1.807) is 0 Å². The van der Waals surface area contributed by atoms with Crippen LogP contribution in [0.15, 0.2) is 0 Å². The summed E-state index contributed by atoms with van der Waals surface area (Å²) in [6.45, 7) is 1.53. The van der Waals surface area contributed by atoms with Crippen LogP contribution in [0.5, 0.6) is 0 Å². The molecule has 0 saturated carbocycles. The molecule has 1 aliphatic heterocycles. The fourth-order valence-electron chi connectivity index (χ4n) is 0.901. The highest BCUT2D eigenvalue weighted by Gasteiger charge is 2.24. The third-order valence-corrected chi connectivity index (χ3v) is 3.20. The lowest BCUT2D eigenvalue weighted by atomic mass is 10.2. The van der Waals surface area contributed by atoms with Crippen molar-refractivity contribution < 1.29 is 9.47 Å². The molecule has 2 nitrogen and oxygen atoms in total. The first-order valence-corrected chi connectivity index (χ1v) is 6.28. The molecule has 0 aromatic heterocycles. The SMILES string of the molecule is IC[C@@H]1OCCO[C@@H]1CI. The summed E-state index contributed by atoms with van der Waals surface area (Å²) < 4.78 is 13.1. The maximum atomic E-state index is 5.49. The van der Waals surface area contributed by atoms with E-state index in [9.17, 15) is 0 Å². The van der Waals surface area contributed by atoms with Gasteiger partial charge in [-0.2, -0.15) is 0 Å². The Kier molecular flexibility index (Phi) is 4.83. The third kappa shape index (κ3) is 2.46. The molecule has 1 heterocycles. The Bertz CT molecular complexity index is 87.7. The van der Waals surface area contributed by atoms with Gasteiger partial charge in [-0.05, 0) is 0 Å². The molecule has 1 fully saturated rings. The number of alkyl halides is 2. The highest BCUT2D eigenvalue weighted by molar-refractivity contribution is 14.1. The van der Waals surface area contributed by atoms with Crippen LogP contribution < -0.4 is 0 Å². The van der Waals surface area contributed by atoms with Gasteiger partial charge in [0.1, 0.15) is 0 Å². The van der Waals surface area contributed by atoms with Crippen molar-refractivity contribution in [1.29, 1.82) is 0 Å². The van der Waals surface area contributed by atoms with Gasteiger partial charge in [-0.3, -0.25) is 0 Å². The Morgan fingerprint density at radius 3 is 1.70 bits per heavy atom. The standard InChI is InChI=1S/C6H10I2O2/c7-3-5-6(4-8)10-2-1-9-5/h5-6H,1-4H2/t5-,6+. The van der Waals surface area contributed by atoms with Crippen molar-refractivity contribution in [2.75, 3.05) is 22.1 Å². The Balaban J connectivity index is 2.34. The summed E-state index contributed by atoms with van der Waals surface area (Å²) in [5.41, 5.74) is 0. The molecule has 0 N–H and O–H groups in total. The van der Waals surface area contributed by atoms with Gasteiger partial charge in [0.15, 0.2) is 0 Å². The topological polar surface area (TPSA) is 18.5 Å². The first-order valence-electron chi connectivity index (χ1n) is 3.23. The number of halogens is 2. The molecule has 4 heteroatoms. The monoisotopic (exact) mass is 368 g/mol. The van der Waals surface area contributed by atoms with E-state index in [4.69, 9.17) is 9.47 Å². The Morgan fingerprint density at radius 1 is 1.00 bits per heavy atom. The minimum absolute atomic E-state index is 0.325. The normalized spacial score (nSPS) is 34.2. The Morgan fingerprint density at radius 2 is 1.40 bits per heavy atom. The van der Waals surface area contributed by atoms with Crippen molar-refractivity contribution in [3.05, 3.63) is 0 Å². The molecular weight excluding hydrogens is 358 g/mol. The number of hydrogen-bond donors (Lipinski definition) is 0. The number of rotatable bonds is 2. The molecule has 0 aromatic carbocycles. The van der Waals surface area contributed by atoms with E-state index in [0.717, 1.165) is 22.1 Å². The van der Waals surface area contributed by atoms with Crippen LogP contribution in [0.4, 0.5) is 0 Å². The van der Waals surface area contributed by atoms with E-state index < -0.39 is 0 Å². The molecule has 0 radical (unpaired) electrons. The average Bonchev–Trinajstić information content (AvgIpc) is 2.04. The zero-order valence-corrected chi connectivity index (χ0v) is 9.87. The number of ether oxygens (including phenoxy) is 2. The van der Waals surface area contributed by atoms with Gasteiger partial charge in [-0.25, -0.2) is 0 Å². The summed E-state index contributed by atoms with van der Waals surface area (Å²) >= 11 is 4.67. The maximum Gasteiger partial charge on any atom is 0.0934 e. The first kappa shape index (κ1) is 9.47. The quantitative estimate of drug-likeness (QED) is 0.545. The van der Waals surface area contributed by atoms with Crippen molar-refractivity contribution in [1.82, 2.24) is 0 Å². The highest BCUT2D eigenvalue weighted by atomic mass is 127. The van der Waals surface area contributed by atoms with Gasteiger partial charge in [0.25, 0.3) is 0 Å². The van der Waals surface area contributed by atoms with Crippen LogP contribution in [0.3, 0.4) is 0 Å².